The third-order valence-electron chi connectivity index (χ3n) is 5.37. The lowest BCUT2D eigenvalue weighted by Gasteiger charge is -2.31. The fourth-order valence-electron chi connectivity index (χ4n) is 3.68. The Morgan fingerprint density at radius 2 is 1.67 bits per heavy atom. The van der Waals surface area contributed by atoms with Crippen LogP contribution in [0.1, 0.15) is 35.2 Å². The van der Waals surface area contributed by atoms with Crippen molar-refractivity contribution in [1.29, 1.82) is 0 Å². The zero-order valence-electron chi connectivity index (χ0n) is 18.6. The van der Waals surface area contributed by atoms with Crippen molar-refractivity contribution in [1.82, 2.24) is 10.6 Å². The molecule has 0 saturated carbocycles. The molecule has 0 amide bonds. The number of thiocarbonyl (C=S) groups is 1. The Kier molecular flexibility index (Phi) is 7.05. The van der Waals surface area contributed by atoms with Crippen molar-refractivity contribution in [2.45, 2.75) is 26.5 Å². The summed E-state index contributed by atoms with van der Waals surface area (Å²) in [6.07, 6.45) is 0. The largest absolute Gasteiger partial charge is 0.489 e. The number of ether oxygens (including phenoxy) is 2. The molecule has 0 spiro atoms. The summed E-state index contributed by atoms with van der Waals surface area (Å²) in [6.45, 7) is 4.63. The van der Waals surface area contributed by atoms with Gasteiger partial charge in [0.1, 0.15) is 12.4 Å². The van der Waals surface area contributed by atoms with Gasteiger partial charge in [0, 0.05) is 0 Å². The van der Waals surface area contributed by atoms with E-state index in [1.807, 2.05) is 54.6 Å². The van der Waals surface area contributed by atoms with Gasteiger partial charge < -0.3 is 20.1 Å². The van der Waals surface area contributed by atoms with Gasteiger partial charge in [0.05, 0.1) is 23.9 Å². The highest BCUT2D eigenvalue weighted by atomic mass is 32.1. The minimum atomic E-state index is -0.445. The highest BCUT2D eigenvalue weighted by Crippen LogP contribution is 2.32. The van der Waals surface area contributed by atoms with Crippen molar-refractivity contribution >= 4 is 29.0 Å². The van der Waals surface area contributed by atoms with Crippen molar-refractivity contribution in [3.63, 3.8) is 0 Å². The number of hydrogen-bond acceptors (Lipinski definition) is 4. The Bertz CT molecular complexity index is 1160. The average molecular weight is 459 g/mol. The number of esters is 1. The lowest BCUT2D eigenvalue weighted by Crippen LogP contribution is -2.45. The number of hydrogen-bond donors (Lipinski definition) is 2. The van der Waals surface area contributed by atoms with E-state index in [0.717, 1.165) is 22.4 Å². The number of carbonyl (C=O) groups is 1. The molecule has 6 heteroatoms. The number of carbonyl (C=O) groups excluding carboxylic acids is 1. The minimum absolute atomic E-state index is 0.285. The molecule has 5 nitrogen and oxygen atoms in total. The molecular weight excluding hydrogens is 432 g/mol. The summed E-state index contributed by atoms with van der Waals surface area (Å²) < 4.78 is 11.3. The van der Waals surface area contributed by atoms with E-state index in [-0.39, 0.29) is 12.6 Å². The van der Waals surface area contributed by atoms with Gasteiger partial charge in [-0.2, -0.15) is 0 Å². The topological polar surface area (TPSA) is 59.6 Å². The fourth-order valence-corrected chi connectivity index (χ4v) is 3.90. The van der Waals surface area contributed by atoms with E-state index in [1.165, 1.54) is 5.56 Å². The molecular formula is C27H26N2O3S. The normalized spacial score (nSPS) is 15.5. The van der Waals surface area contributed by atoms with Gasteiger partial charge in [0.2, 0.25) is 0 Å². The molecule has 168 valence electrons. The number of aryl methyl sites for hydroxylation is 1. The summed E-state index contributed by atoms with van der Waals surface area (Å²) in [5, 5.41) is 6.83. The maximum absolute atomic E-state index is 13.0. The van der Waals surface area contributed by atoms with Crippen LogP contribution >= 0.6 is 12.2 Å². The quantitative estimate of drug-likeness (QED) is 0.381. The van der Waals surface area contributed by atoms with Crippen molar-refractivity contribution < 1.29 is 14.3 Å². The molecule has 3 aromatic carbocycles. The van der Waals surface area contributed by atoms with Crippen LogP contribution in [-0.2, 0) is 16.1 Å². The van der Waals surface area contributed by atoms with E-state index < -0.39 is 6.04 Å². The minimum Gasteiger partial charge on any atom is -0.489 e. The smallest absolute Gasteiger partial charge is 0.338 e. The zero-order valence-corrected chi connectivity index (χ0v) is 19.4. The number of benzene rings is 3. The molecule has 0 fully saturated rings. The molecule has 1 aliphatic rings. The van der Waals surface area contributed by atoms with Crippen LogP contribution in [0.5, 0.6) is 5.75 Å². The van der Waals surface area contributed by atoms with E-state index in [9.17, 15) is 4.79 Å². The van der Waals surface area contributed by atoms with Crippen LogP contribution < -0.4 is 15.4 Å². The monoisotopic (exact) mass is 458 g/mol. The van der Waals surface area contributed by atoms with Crippen LogP contribution in [0.4, 0.5) is 0 Å². The summed E-state index contributed by atoms with van der Waals surface area (Å²) in [5.74, 6) is 0.365. The first-order valence-corrected chi connectivity index (χ1v) is 11.3. The molecule has 1 aliphatic heterocycles. The van der Waals surface area contributed by atoms with E-state index in [1.54, 1.807) is 6.92 Å². The Balaban J connectivity index is 1.62. The lowest BCUT2D eigenvalue weighted by atomic mass is 9.93. The second-order valence-corrected chi connectivity index (χ2v) is 8.16. The highest BCUT2D eigenvalue weighted by Gasteiger charge is 2.33. The summed E-state index contributed by atoms with van der Waals surface area (Å²) in [5.41, 5.74) is 5.23. The number of rotatable bonds is 7. The van der Waals surface area contributed by atoms with Gasteiger partial charge in [-0.1, -0.05) is 72.3 Å². The van der Waals surface area contributed by atoms with E-state index in [4.69, 9.17) is 21.7 Å². The molecule has 0 radical (unpaired) electrons. The highest BCUT2D eigenvalue weighted by molar-refractivity contribution is 7.80. The maximum Gasteiger partial charge on any atom is 0.338 e. The first-order valence-electron chi connectivity index (χ1n) is 10.9. The van der Waals surface area contributed by atoms with Crippen LogP contribution in [0.3, 0.4) is 0 Å². The lowest BCUT2D eigenvalue weighted by molar-refractivity contribution is -0.138. The fraction of sp³-hybridized carbons (Fsp3) is 0.185. The van der Waals surface area contributed by atoms with Crippen molar-refractivity contribution in [2.24, 2.45) is 0 Å². The van der Waals surface area contributed by atoms with Gasteiger partial charge in [-0.05, 0) is 54.9 Å². The van der Waals surface area contributed by atoms with Gasteiger partial charge in [-0.25, -0.2) is 4.79 Å². The van der Waals surface area contributed by atoms with Gasteiger partial charge in [-0.15, -0.1) is 0 Å². The van der Waals surface area contributed by atoms with Crippen molar-refractivity contribution in [2.75, 3.05) is 6.61 Å². The van der Waals surface area contributed by atoms with Crippen LogP contribution in [-0.4, -0.2) is 17.7 Å². The van der Waals surface area contributed by atoms with Gasteiger partial charge in [0.15, 0.2) is 5.11 Å². The van der Waals surface area contributed by atoms with Gasteiger partial charge in [0.25, 0.3) is 0 Å². The summed E-state index contributed by atoms with van der Waals surface area (Å²) in [6, 6.07) is 25.2. The standard InChI is InChI=1S/C27H26N2O3S/c1-3-31-26(30)23-24(20-7-5-4-6-8-20)28-27(33)29-25(23)21-13-15-22(16-14-21)32-17-19-11-9-18(2)10-12-19/h4-16,25H,3,17H2,1-2H3,(H2,28,29,33)/t25-/m0/s1. The first kappa shape index (κ1) is 22.6. The SMILES string of the molecule is CCOC(=O)C1=C(c2ccccc2)NC(=S)N[C@H]1c1ccc(OCc2ccc(C)cc2)cc1. The Morgan fingerprint density at radius 1 is 0.970 bits per heavy atom. The van der Waals surface area contributed by atoms with Crippen molar-refractivity contribution in [3.05, 3.63) is 107 Å². The van der Waals surface area contributed by atoms with Crippen LogP contribution in [0.2, 0.25) is 0 Å². The summed E-state index contributed by atoms with van der Waals surface area (Å²) in [4.78, 5) is 13.0. The zero-order chi connectivity index (χ0) is 23.2. The molecule has 0 unspecified atom stereocenters. The molecule has 0 bridgehead atoms. The van der Waals surface area contributed by atoms with Crippen LogP contribution in [0.15, 0.2) is 84.4 Å². The maximum atomic E-state index is 13.0. The van der Waals surface area contributed by atoms with Crippen LogP contribution in [0, 0.1) is 6.92 Å². The Morgan fingerprint density at radius 3 is 2.33 bits per heavy atom. The first-order chi connectivity index (χ1) is 16.0. The third-order valence-corrected chi connectivity index (χ3v) is 5.59. The predicted octanol–water partition coefficient (Wildman–Crippen LogP) is 5.07. The predicted molar refractivity (Wildman–Crippen MR) is 134 cm³/mol. The Labute approximate surface area is 199 Å². The second-order valence-electron chi connectivity index (χ2n) is 7.75. The van der Waals surface area contributed by atoms with E-state index >= 15 is 0 Å². The third kappa shape index (κ3) is 5.41. The molecule has 0 saturated heterocycles. The molecule has 0 aliphatic carbocycles. The van der Waals surface area contributed by atoms with Gasteiger partial charge in [-0.3, -0.25) is 0 Å². The van der Waals surface area contributed by atoms with E-state index in [2.05, 4.69) is 41.8 Å². The summed E-state index contributed by atoms with van der Waals surface area (Å²) in [7, 11) is 0. The summed E-state index contributed by atoms with van der Waals surface area (Å²) >= 11 is 5.46. The van der Waals surface area contributed by atoms with Gasteiger partial charge >= 0.3 is 5.97 Å². The molecule has 2 N–H and O–H groups in total. The molecule has 4 rings (SSSR count). The molecule has 3 aromatic rings. The molecule has 1 heterocycles. The second kappa shape index (κ2) is 10.3. The van der Waals surface area contributed by atoms with Crippen molar-refractivity contribution in [3.8, 4) is 5.75 Å². The number of nitrogens with one attached hydrogen (secondary N) is 2. The van der Waals surface area contributed by atoms with E-state index in [0.29, 0.717) is 23.0 Å². The molecule has 33 heavy (non-hydrogen) atoms. The Hall–Kier alpha value is -3.64. The van der Waals surface area contributed by atoms with Crippen LogP contribution in [0.25, 0.3) is 5.70 Å². The molecule has 0 aromatic heterocycles. The molecule has 1 atom stereocenters. The average Bonchev–Trinajstić information content (AvgIpc) is 2.84.